The number of primary amides is 1. The predicted octanol–water partition coefficient (Wildman–Crippen LogP) is 0.555. The second kappa shape index (κ2) is 5.04. The summed E-state index contributed by atoms with van der Waals surface area (Å²) < 4.78 is 3.82. The number of fused-ring (bicyclic) bond motifs is 1. The van der Waals surface area contributed by atoms with Crippen molar-refractivity contribution in [3.63, 3.8) is 0 Å². The van der Waals surface area contributed by atoms with Crippen molar-refractivity contribution >= 4 is 11.6 Å². The zero-order valence-electron chi connectivity index (χ0n) is 13.5. The fourth-order valence-electron chi connectivity index (χ4n) is 2.93. The van der Waals surface area contributed by atoms with E-state index < -0.39 is 5.91 Å². The summed E-state index contributed by atoms with van der Waals surface area (Å²) in [5, 5.41) is 10.7. The zero-order valence-corrected chi connectivity index (χ0v) is 13.5. The number of nitrogens with two attached hydrogens (primary N) is 1. The van der Waals surface area contributed by atoms with E-state index in [4.69, 9.17) is 5.73 Å². The van der Waals surface area contributed by atoms with E-state index >= 15 is 0 Å². The van der Waals surface area contributed by atoms with Gasteiger partial charge in [0.1, 0.15) is 17.1 Å². The fourth-order valence-corrected chi connectivity index (χ4v) is 2.93. The highest BCUT2D eigenvalue weighted by Gasteiger charge is 2.30. The molecular formula is C15H23N4O2+. The molecule has 0 aliphatic heterocycles. The van der Waals surface area contributed by atoms with Gasteiger partial charge >= 0.3 is 5.65 Å². The van der Waals surface area contributed by atoms with Crippen molar-refractivity contribution in [2.45, 2.75) is 27.3 Å². The van der Waals surface area contributed by atoms with E-state index in [1.807, 2.05) is 55.8 Å². The molecule has 2 heterocycles. The van der Waals surface area contributed by atoms with Crippen LogP contribution in [0, 0.1) is 20.8 Å². The summed E-state index contributed by atoms with van der Waals surface area (Å²) in [7, 11) is 5.68. The van der Waals surface area contributed by atoms with E-state index in [1.54, 1.807) is 0 Å². The Kier molecular flexibility index (Phi) is 3.67. The van der Waals surface area contributed by atoms with Gasteiger partial charge in [-0.1, -0.05) is 0 Å². The third-order valence-electron chi connectivity index (χ3n) is 4.11. The summed E-state index contributed by atoms with van der Waals surface area (Å²) in [5.41, 5.74) is 9.99. The molecule has 2 aromatic rings. The first-order valence-corrected chi connectivity index (χ1v) is 6.85. The van der Waals surface area contributed by atoms with Crippen LogP contribution in [-0.4, -0.2) is 34.4 Å². The Labute approximate surface area is 124 Å². The monoisotopic (exact) mass is 291 g/mol. The van der Waals surface area contributed by atoms with Gasteiger partial charge in [-0.05, 0) is 21.0 Å². The Morgan fingerprint density at radius 2 is 1.86 bits per heavy atom. The number of hydrogen-bond acceptors (Lipinski definition) is 3. The molecule has 0 aromatic carbocycles. The van der Waals surface area contributed by atoms with Crippen molar-refractivity contribution in [2.75, 3.05) is 14.1 Å². The van der Waals surface area contributed by atoms with Crippen LogP contribution in [0.15, 0.2) is 0 Å². The fraction of sp³-hybridized carbons (Fsp3) is 0.467. The molecule has 0 aliphatic carbocycles. The van der Waals surface area contributed by atoms with Crippen molar-refractivity contribution in [1.29, 1.82) is 0 Å². The molecule has 0 spiro atoms. The summed E-state index contributed by atoms with van der Waals surface area (Å²) in [6.07, 6.45) is 0. The van der Waals surface area contributed by atoms with Crippen LogP contribution in [0.4, 0.5) is 0 Å². The molecule has 114 valence electrons. The molecule has 6 heteroatoms. The van der Waals surface area contributed by atoms with E-state index in [1.165, 1.54) is 0 Å². The van der Waals surface area contributed by atoms with E-state index in [-0.39, 0.29) is 5.75 Å². The van der Waals surface area contributed by atoms with Gasteiger partial charge in [-0.25, -0.2) is 4.57 Å². The molecular weight excluding hydrogens is 268 g/mol. The number of rotatable bonds is 3. The number of nitrogens with zero attached hydrogens (tertiary/aromatic N) is 3. The minimum Gasteiger partial charge on any atom is -0.501 e. The normalized spacial score (nSPS) is 11.6. The van der Waals surface area contributed by atoms with Gasteiger partial charge in [0.05, 0.1) is 12.6 Å². The highest BCUT2D eigenvalue weighted by Crippen LogP contribution is 2.30. The average Bonchev–Trinajstić information content (AvgIpc) is 2.59. The summed E-state index contributed by atoms with van der Waals surface area (Å²) in [4.78, 5) is 13.8. The number of aromatic nitrogens is 2. The molecule has 0 saturated carbocycles. The van der Waals surface area contributed by atoms with Crippen LogP contribution in [0.1, 0.15) is 33.0 Å². The first-order chi connectivity index (χ1) is 9.68. The summed E-state index contributed by atoms with van der Waals surface area (Å²) >= 11 is 0. The molecule has 3 N–H and O–H groups in total. The van der Waals surface area contributed by atoms with Gasteiger partial charge < -0.3 is 15.7 Å². The lowest BCUT2D eigenvalue weighted by molar-refractivity contribution is -0.651. The molecule has 0 bridgehead atoms. The maximum absolute atomic E-state index is 11.9. The van der Waals surface area contributed by atoms with Gasteiger partial charge in [0.2, 0.25) is 5.75 Å². The first kappa shape index (κ1) is 15.3. The zero-order chi connectivity index (χ0) is 16.1. The quantitative estimate of drug-likeness (QED) is 0.811. The summed E-state index contributed by atoms with van der Waals surface area (Å²) in [6.45, 7) is 6.25. The molecule has 2 aromatic heterocycles. The number of pyridine rings is 1. The molecule has 0 unspecified atom stereocenters. The number of carbonyl (C=O) groups excluding carboxylic acids is 1. The third-order valence-corrected chi connectivity index (χ3v) is 4.11. The number of amides is 1. The number of imidazole rings is 1. The van der Waals surface area contributed by atoms with Crippen LogP contribution >= 0.6 is 0 Å². The van der Waals surface area contributed by atoms with Crippen LogP contribution in [0.25, 0.3) is 5.65 Å². The molecule has 0 aliphatic rings. The predicted molar refractivity (Wildman–Crippen MR) is 80.4 cm³/mol. The number of aryl methyl sites for hydroxylation is 3. The third kappa shape index (κ3) is 2.15. The number of hydrogen-bond donors (Lipinski definition) is 2. The Morgan fingerprint density at radius 3 is 2.33 bits per heavy atom. The van der Waals surface area contributed by atoms with Gasteiger partial charge in [0, 0.05) is 26.0 Å². The molecule has 1 amide bonds. The van der Waals surface area contributed by atoms with Crippen molar-refractivity contribution < 1.29 is 14.5 Å². The van der Waals surface area contributed by atoms with Gasteiger partial charge in [0.15, 0.2) is 0 Å². The number of aromatic hydroxyl groups is 1. The smallest absolute Gasteiger partial charge is 0.329 e. The van der Waals surface area contributed by atoms with Gasteiger partial charge in [-0.3, -0.25) is 4.79 Å². The molecule has 2 rings (SSSR count). The lowest BCUT2D eigenvalue weighted by atomic mass is 10.0. The summed E-state index contributed by atoms with van der Waals surface area (Å²) in [6, 6.07) is 0. The van der Waals surface area contributed by atoms with E-state index in [0.717, 1.165) is 17.1 Å². The SMILES string of the molecule is Cc1c(C(N)=O)c(CN(C)C)c(O)c2n1c(C)c(C)[n+]2C. The maximum Gasteiger partial charge on any atom is 0.329 e. The maximum atomic E-state index is 11.9. The van der Waals surface area contributed by atoms with Crippen LogP contribution in [-0.2, 0) is 13.6 Å². The highest BCUT2D eigenvalue weighted by atomic mass is 16.3. The van der Waals surface area contributed by atoms with Crippen molar-refractivity contribution in [3.8, 4) is 5.75 Å². The van der Waals surface area contributed by atoms with Crippen LogP contribution in [0.2, 0.25) is 0 Å². The average molecular weight is 291 g/mol. The van der Waals surface area contributed by atoms with Gasteiger partial charge in [0.25, 0.3) is 5.91 Å². The molecule has 0 radical (unpaired) electrons. The van der Waals surface area contributed by atoms with E-state index in [0.29, 0.717) is 23.3 Å². The molecule has 0 fully saturated rings. The Morgan fingerprint density at radius 1 is 1.29 bits per heavy atom. The molecule has 0 saturated heterocycles. The second-order valence-electron chi connectivity index (χ2n) is 5.78. The van der Waals surface area contributed by atoms with Crippen LogP contribution in [0.3, 0.4) is 0 Å². The Hall–Kier alpha value is -2.08. The van der Waals surface area contributed by atoms with Crippen LogP contribution in [0.5, 0.6) is 5.75 Å². The molecule has 0 atom stereocenters. The Balaban J connectivity index is 3.02. The lowest BCUT2D eigenvalue weighted by Crippen LogP contribution is -2.31. The standard InChI is InChI=1S/C15H22N4O2/c1-8-9(2)19-10(3)12(14(16)21)11(7-17(4)5)13(20)15(19)18(8)6/h7H2,1-6H3,(H2-,16,20,21)/p+1. The van der Waals surface area contributed by atoms with Crippen molar-refractivity contribution in [3.05, 3.63) is 28.2 Å². The van der Waals surface area contributed by atoms with Gasteiger partial charge in [-0.15, -0.1) is 0 Å². The minimum atomic E-state index is -0.519. The Bertz CT molecular complexity index is 744. The topological polar surface area (TPSA) is 74.8 Å². The first-order valence-electron chi connectivity index (χ1n) is 6.85. The number of carbonyl (C=O) groups is 1. The van der Waals surface area contributed by atoms with Crippen molar-refractivity contribution in [2.24, 2.45) is 12.8 Å². The lowest BCUT2D eigenvalue weighted by Gasteiger charge is -2.15. The largest absolute Gasteiger partial charge is 0.501 e. The molecule has 21 heavy (non-hydrogen) atoms. The highest BCUT2D eigenvalue weighted by molar-refractivity contribution is 5.97. The molecule has 6 nitrogen and oxygen atoms in total. The van der Waals surface area contributed by atoms with E-state index in [9.17, 15) is 9.90 Å². The van der Waals surface area contributed by atoms with Gasteiger partial charge in [-0.2, -0.15) is 4.40 Å². The van der Waals surface area contributed by atoms with Crippen LogP contribution < -0.4 is 10.3 Å². The minimum absolute atomic E-state index is 0.113. The summed E-state index contributed by atoms with van der Waals surface area (Å²) in [5.74, 6) is -0.406. The second-order valence-corrected chi connectivity index (χ2v) is 5.78. The van der Waals surface area contributed by atoms with E-state index in [2.05, 4.69) is 0 Å². The van der Waals surface area contributed by atoms with Crippen molar-refractivity contribution in [1.82, 2.24) is 9.30 Å².